The van der Waals surface area contributed by atoms with Crippen molar-refractivity contribution in [1.29, 1.82) is 0 Å². The molecule has 4 nitrogen and oxygen atoms in total. The van der Waals surface area contributed by atoms with Gasteiger partial charge in [0.2, 0.25) is 0 Å². The number of primary amides is 1. The van der Waals surface area contributed by atoms with Gasteiger partial charge in [0.15, 0.2) is 0 Å². The van der Waals surface area contributed by atoms with Crippen LogP contribution < -0.4 is 11.1 Å². The summed E-state index contributed by atoms with van der Waals surface area (Å²) < 4.78 is 0. The lowest BCUT2D eigenvalue weighted by Crippen LogP contribution is -2.42. The fourth-order valence-corrected chi connectivity index (χ4v) is 0.905. The molecular weight excluding hydrogens is 144 g/mol. The normalized spacial score (nSPS) is 15.5. The van der Waals surface area contributed by atoms with Gasteiger partial charge < -0.3 is 16.2 Å². The van der Waals surface area contributed by atoms with E-state index < -0.39 is 11.6 Å². The minimum atomic E-state index is -0.830. The van der Waals surface area contributed by atoms with Crippen LogP contribution in [0.25, 0.3) is 0 Å². The first kappa shape index (κ1) is 10.2. The van der Waals surface area contributed by atoms with E-state index in [4.69, 9.17) is 5.73 Å². The molecule has 2 amide bonds. The zero-order valence-corrected chi connectivity index (χ0v) is 7.05. The molecule has 0 aliphatic rings. The highest BCUT2D eigenvalue weighted by molar-refractivity contribution is 5.71. The number of nitrogens with one attached hydrogen (secondary N) is 1. The molecule has 1 atom stereocenters. The van der Waals surface area contributed by atoms with Gasteiger partial charge in [-0.1, -0.05) is 13.3 Å². The number of urea groups is 1. The number of hydrogen-bond acceptors (Lipinski definition) is 2. The number of amides is 2. The maximum Gasteiger partial charge on any atom is 0.312 e. The summed E-state index contributed by atoms with van der Waals surface area (Å²) in [6, 6.07) is -0.596. The van der Waals surface area contributed by atoms with Gasteiger partial charge in [0.25, 0.3) is 0 Å². The largest absolute Gasteiger partial charge is 0.388 e. The maximum absolute atomic E-state index is 10.3. The van der Waals surface area contributed by atoms with Crippen LogP contribution in [0.4, 0.5) is 4.79 Å². The fourth-order valence-electron chi connectivity index (χ4n) is 0.905. The predicted octanol–water partition coefficient (Wildman–Crippen LogP) is 0.206. The van der Waals surface area contributed by atoms with Crippen molar-refractivity contribution in [2.24, 2.45) is 5.73 Å². The predicted molar refractivity (Wildman–Crippen MR) is 43.1 cm³/mol. The van der Waals surface area contributed by atoms with E-state index in [1.165, 1.54) is 0 Å². The molecule has 0 saturated heterocycles. The molecule has 4 N–H and O–H groups in total. The van der Waals surface area contributed by atoms with Crippen molar-refractivity contribution >= 4 is 6.03 Å². The first-order chi connectivity index (χ1) is 4.98. The Morgan fingerprint density at radius 3 is 2.64 bits per heavy atom. The van der Waals surface area contributed by atoms with Crippen LogP contribution in [0.3, 0.4) is 0 Å². The van der Waals surface area contributed by atoms with Gasteiger partial charge in [-0.05, 0) is 13.3 Å². The molecule has 0 aliphatic carbocycles. The van der Waals surface area contributed by atoms with Gasteiger partial charge in [-0.15, -0.1) is 0 Å². The highest BCUT2D eigenvalue weighted by Gasteiger charge is 2.18. The molecule has 0 heterocycles. The Balaban J connectivity index is 3.63. The van der Waals surface area contributed by atoms with Gasteiger partial charge in [-0.25, -0.2) is 4.79 Å². The van der Waals surface area contributed by atoms with E-state index >= 15 is 0 Å². The van der Waals surface area contributed by atoms with Crippen molar-refractivity contribution in [2.45, 2.75) is 32.3 Å². The van der Waals surface area contributed by atoms with Crippen LogP contribution in [0.1, 0.15) is 26.7 Å². The van der Waals surface area contributed by atoms with Crippen molar-refractivity contribution < 1.29 is 9.90 Å². The van der Waals surface area contributed by atoms with Gasteiger partial charge in [-0.2, -0.15) is 0 Å². The molecule has 0 unspecified atom stereocenters. The Hall–Kier alpha value is -0.770. The Labute approximate surface area is 66.8 Å². The summed E-state index contributed by atoms with van der Waals surface area (Å²) in [7, 11) is 0. The zero-order valence-electron chi connectivity index (χ0n) is 7.05. The number of hydrogen-bond donors (Lipinski definition) is 3. The molecule has 0 fully saturated rings. The van der Waals surface area contributed by atoms with Gasteiger partial charge in [0.05, 0.1) is 5.60 Å². The molecule has 66 valence electrons. The van der Waals surface area contributed by atoms with E-state index in [0.717, 1.165) is 6.42 Å². The lowest BCUT2D eigenvalue weighted by Gasteiger charge is -2.22. The average Bonchev–Trinajstić information content (AvgIpc) is 1.84. The number of carbonyl (C=O) groups is 1. The fraction of sp³-hybridized carbons (Fsp3) is 0.857. The molecule has 0 radical (unpaired) electrons. The van der Waals surface area contributed by atoms with Crippen LogP contribution in [0.15, 0.2) is 0 Å². The molecule has 0 aromatic rings. The van der Waals surface area contributed by atoms with Crippen LogP contribution in [0.5, 0.6) is 0 Å². The van der Waals surface area contributed by atoms with Crippen molar-refractivity contribution in [3.05, 3.63) is 0 Å². The number of rotatable bonds is 4. The van der Waals surface area contributed by atoms with Gasteiger partial charge >= 0.3 is 6.03 Å². The zero-order chi connectivity index (χ0) is 8.91. The summed E-state index contributed by atoms with van der Waals surface area (Å²) in [5, 5.41) is 11.9. The quantitative estimate of drug-likeness (QED) is 0.549. The second-order valence-corrected chi connectivity index (χ2v) is 2.96. The monoisotopic (exact) mass is 160 g/mol. The molecule has 0 rings (SSSR count). The maximum atomic E-state index is 10.3. The lowest BCUT2D eigenvalue weighted by molar-refractivity contribution is 0.0527. The second-order valence-electron chi connectivity index (χ2n) is 2.96. The standard InChI is InChI=1S/C7H16N2O2/c1-3-4-7(2,11)5-9-6(8)10/h11H,3-5H2,1-2H3,(H3,8,9,10)/t7-/m0/s1. The van der Waals surface area contributed by atoms with Crippen molar-refractivity contribution in [3.8, 4) is 0 Å². The summed E-state index contributed by atoms with van der Waals surface area (Å²) in [6.07, 6.45) is 1.54. The number of aliphatic hydroxyl groups is 1. The van der Waals surface area contributed by atoms with Crippen molar-refractivity contribution in [1.82, 2.24) is 5.32 Å². The minimum Gasteiger partial charge on any atom is -0.388 e. The molecule has 11 heavy (non-hydrogen) atoms. The minimum absolute atomic E-state index is 0.218. The van der Waals surface area contributed by atoms with E-state index in [9.17, 15) is 9.90 Å². The Bertz CT molecular complexity index is 134. The smallest absolute Gasteiger partial charge is 0.312 e. The van der Waals surface area contributed by atoms with Crippen molar-refractivity contribution in [2.75, 3.05) is 6.54 Å². The SMILES string of the molecule is CCC[C@](C)(O)CNC(N)=O. The summed E-state index contributed by atoms with van der Waals surface area (Å²) in [4.78, 5) is 10.3. The molecule has 0 bridgehead atoms. The Morgan fingerprint density at radius 1 is 1.73 bits per heavy atom. The molecule has 0 aliphatic heterocycles. The summed E-state index contributed by atoms with van der Waals surface area (Å²) in [5.74, 6) is 0. The van der Waals surface area contributed by atoms with Gasteiger partial charge in [0, 0.05) is 6.54 Å². The van der Waals surface area contributed by atoms with E-state index in [0.29, 0.717) is 6.42 Å². The first-order valence-electron chi connectivity index (χ1n) is 3.73. The third-order valence-electron chi connectivity index (χ3n) is 1.43. The number of carbonyl (C=O) groups excluding carboxylic acids is 1. The molecule has 0 aromatic heterocycles. The van der Waals surface area contributed by atoms with E-state index in [2.05, 4.69) is 5.32 Å². The number of nitrogens with two attached hydrogens (primary N) is 1. The Kier molecular flexibility index (Phi) is 3.89. The molecule has 0 spiro atoms. The average molecular weight is 160 g/mol. The lowest BCUT2D eigenvalue weighted by atomic mass is 10.0. The van der Waals surface area contributed by atoms with Gasteiger partial charge in [-0.3, -0.25) is 0 Å². The van der Waals surface area contributed by atoms with E-state index in [-0.39, 0.29) is 6.54 Å². The topological polar surface area (TPSA) is 75.3 Å². The van der Waals surface area contributed by atoms with E-state index in [1.807, 2.05) is 6.92 Å². The van der Waals surface area contributed by atoms with Crippen molar-refractivity contribution in [3.63, 3.8) is 0 Å². The molecule has 4 heteroatoms. The summed E-state index contributed by atoms with van der Waals surface area (Å²) in [5.41, 5.74) is 4.01. The van der Waals surface area contributed by atoms with Crippen LogP contribution in [0.2, 0.25) is 0 Å². The Morgan fingerprint density at radius 2 is 2.27 bits per heavy atom. The summed E-state index contributed by atoms with van der Waals surface area (Å²) >= 11 is 0. The van der Waals surface area contributed by atoms with E-state index in [1.54, 1.807) is 6.92 Å². The molecule has 0 aromatic carbocycles. The second kappa shape index (κ2) is 4.18. The first-order valence-corrected chi connectivity index (χ1v) is 3.73. The van der Waals surface area contributed by atoms with Crippen LogP contribution in [0, 0.1) is 0 Å². The van der Waals surface area contributed by atoms with Crippen LogP contribution in [-0.2, 0) is 0 Å². The molecular formula is C7H16N2O2. The third kappa shape index (κ3) is 5.66. The van der Waals surface area contributed by atoms with Crippen LogP contribution in [-0.4, -0.2) is 23.3 Å². The summed E-state index contributed by atoms with van der Waals surface area (Å²) in [6.45, 7) is 3.86. The van der Waals surface area contributed by atoms with Crippen LogP contribution >= 0.6 is 0 Å². The molecule has 0 saturated carbocycles. The van der Waals surface area contributed by atoms with Gasteiger partial charge in [0.1, 0.15) is 0 Å². The highest BCUT2D eigenvalue weighted by Crippen LogP contribution is 2.09. The third-order valence-corrected chi connectivity index (χ3v) is 1.43. The highest BCUT2D eigenvalue weighted by atomic mass is 16.3.